The van der Waals surface area contributed by atoms with Crippen molar-refractivity contribution in [3.63, 3.8) is 0 Å². The summed E-state index contributed by atoms with van der Waals surface area (Å²) >= 11 is 1.23. The molecule has 0 saturated heterocycles. The number of para-hydroxylation sites is 5. The van der Waals surface area contributed by atoms with Gasteiger partial charge >= 0.3 is 0 Å². The van der Waals surface area contributed by atoms with Crippen LogP contribution in [0.2, 0.25) is 0 Å². The Morgan fingerprint density at radius 3 is 1.69 bits per heavy atom. The van der Waals surface area contributed by atoms with Crippen LogP contribution in [0.4, 0.5) is 0 Å². The van der Waals surface area contributed by atoms with Crippen molar-refractivity contribution in [3.8, 4) is 22.8 Å². The minimum Gasteiger partial charge on any atom is -0.309 e. The van der Waals surface area contributed by atoms with Crippen LogP contribution in [-0.4, -0.2) is 19.1 Å². The monoisotopic (exact) mass is 612 g/mol. The van der Waals surface area contributed by atoms with Crippen LogP contribution >= 0.6 is 11.3 Å². The second-order valence-electron chi connectivity index (χ2n) is 9.98. The molecular weight excluding hydrogens is 569 g/mol. The Balaban J connectivity index is 1.33. The highest BCUT2D eigenvalue weighted by Crippen LogP contribution is 2.39. The van der Waals surface area contributed by atoms with Gasteiger partial charge in [0.15, 0.2) is 5.82 Å². The van der Waals surface area contributed by atoms with Gasteiger partial charge in [-0.25, -0.2) is 9.97 Å². The van der Waals surface area contributed by atoms with Gasteiger partial charge in [-0.15, -0.1) is 11.3 Å². The van der Waals surface area contributed by atoms with Crippen molar-refractivity contribution >= 4 is 75.3 Å². The Hall–Kier alpha value is -5.78. The fourth-order valence-electron chi connectivity index (χ4n) is 5.77. The first kappa shape index (κ1) is 12.3. The predicted octanol–water partition coefficient (Wildman–Crippen LogP) is 10.7. The lowest BCUT2D eigenvalue weighted by atomic mass is 10.1. The Labute approximate surface area is 290 Å². The zero-order valence-electron chi connectivity index (χ0n) is 42.5. The molecule has 0 fully saturated rings. The van der Waals surface area contributed by atoms with Crippen LogP contribution in [0.5, 0.6) is 0 Å². The highest BCUT2D eigenvalue weighted by atomic mass is 32.1. The molecule has 0 aliphatic carbocycles. The first-order valence-electron chi connectivity index (χ1n) is 23.5. The van der Waals surface area contributed by atoms with Crippen molar-refractivity contribution < 1.29 is 27.4 Å². The number of thiophene rings is 1. The van der Waals surface area contributed by atoms with Gasteiger partial charge in [0.05, 0.1) is 65.4 Å². The molecule has 4 heterocycles. The van der Waals surface area contributed by atoms with Crippen LogP contribution in [0.3, 0.4) is 0 Å². The summed E-state index contributed by atoms with van der Waals surface area (Å²) in [6.45, 7) is 0. The molecule has 0 aliphatic rings. The molecule has 0 spiro atoms. The molecular formula is C40H24N4S. The standard InChI is InChI=1S/C40H24N4S/c1-6-16-32-26(11-1)27-12-2-7-17-33(27)43(32)25-21-22-37-31(23-25)39-38(45-37)24-41-40(42-39)30-15-5-10-20-36(30)44-34-18-8-3-13-28(34)29-14-4-9-19-35(29)44/h1-24H/i1D,2D,3D,4D,5D,6D,7D,8D,9D,10D,11D,12D,13D,14D,15D,16D,17D,18D,19D,20D. The lowest BCUT2D eigenvalue weighted by Crippen LogP contribution is -1.99. The molecule has 4 aromatic heterocycles. The molecule has 0 atom stereocenters. The molecule has 0 bridgehead atoms. The highest BCUT2D eigenvalue weighted by molar-refractivity contribution is 7.25. The van der Waals surface area contributed by atoms with E-state index in [0.717, 1.165) is 4.57 Å². The van der Waals surface area contributed by atoms with E-state index in [-0.39, 0.29) is 55.2 Å². The summed E-state index contributed by atoms with van der Waals surface area (Å²) in [5.41, 5.74) is -1.44. The van der Waals surface area contributed by atoms with E-state index in [0.29, 0.717) is 14.8 Å². The zero-order chi connectivity index (χ0) is 46.9. The number of hydrogen-bond donors (Lipinski definition) is 0. The highest BCUT2D eigenvalue weighted by Gasteiger charge is 2.18. The summed E-state index contributed by atoms with van der Waals surface area (Å²) in [5.74, 6) is -0.318. The summed E-state index contributed by atoms with van der Waals surface area (Å²) < 4.78 is 178. The summed E-state index contributed by atoms with van der Waals surface area (Å²) in [4.78, 5) is 9.34. The van der Waals surface area contributed by atoms with Crippen LogP contribution in [0.1, 0.15) is 27.4 Å². The van der Waals surface area contributed by atoms with Crippen LogP contribution in [0, 0.1) is 0 Å². The molecule has 0 amide bonds. The number of rotatable bonds is 3. The third-order valence-corrected chi connectivity index (χ3v) is 8.73. The fraction of sp³-hybridized carbons (Fsp3) is 0. The van der Waals surface area contributed by atoms with Crippen molar-refractivity contribution in [2.75, 3.05) is 0 Å². The molecule has 10 rings (SSSR count). The van der Waals surface area contributed by atoms with E-state index in [1.54, 1.807) is 18.2 Å². The zero-order valence-corrected chi connectivity index (χ0v) is 23.3. The predicted molar refractivity (Wildman–Crippen MR) is 189 cm³/mol. The van der Waals surface area contributed by atoms with E-state index in [1.165, 1.54) is 22.1 Å². The van der Waals surface area contributed by atoms with E-state index >= 15 is 0 Å². The fourth-order valence-corrected chi connectivity index (χ4v) is 6.76. The first-order valence-corrected chi connectivity index (χ1v) is 14.3. The molecule has 0 unspecified atom stereocenters. The van der Waals surface area contributed by atoms with E-state index in [1.807, 2.05) is 0 Å². The Morgan fingerprint density at radius 2 is 1.07 bits per heavy atom. The van der Waals surface area contributed by atoms with Crippen molar-refractivity contribution in [2.24, 2.45) is 0 Å². The Morgan fingerprint density at radius 1 is 0.533 bits per heavy atom. The van der Waals surface area contributed by atoms with E-state index < -0.39 is 138 Å². The minimum atomic E-state index is -0.778. The van der Waals surface area contributed by atoms with Gasteiger partial charge in [-0.3, -0.25) is 0 Å². The van der Waals surface area contributed by atoms with Gasteiger partial charge < -0.3 is 9.13 Å². The minimum absolute atomic E-state index is 0.112. The molecule has 5 heteroatoms. The van der Waals surface area contributed by atoms with Crippen LogP contribution in [0.15, 0.2) is 145 Å². The normalized spacial score (nSPS) is 18.2. The molecule has 0 saturated carbocycles. The molecule has 210 valence electrons. The van der Waals surface area contributed by atoms with Crippen LogP contribution < -0.4 is 0 Å². The van der Waals surface area contributed by atoms with Crippen molar-refractivity contribution in [1.29, 1.82) is 0 Å². The largest absolute Gasteiger partial charge is 0.309 e. The SMILES string of the molecule is [2H]c1c([2H])c([2H])c(-n2c3c([2H])c([2H])c([2H])c([2H])c3c3c([2H])c([2H])c([2H])c([2H])c32)c(-c2ncc3sc4ccc(-n5c6c([2H])c([2H])c([2H])c([2H])c6c6c([2H])c([2H])c([2H])c([2H])c65)cc4c3n2)c1[2H]. The maximum atomic E-state index is 9.26. The quantitative estimate of drug-likeness (QED) is 0.199. The van der Waals surface area contributed by atoms with Gasteiger partial charge in [0.25, 0.3) is 0 Å². The third-order valence-electron chi connectivity index (χ3n) is 7.63. The maximum Gasteiger partial charge on any atom is 0.161 e. The van der Waals surface area contributed by atoms with Crippen molar-refractivity contribution in [2.45, 2.75) is 0 Å². The molecule has 0 N–H and O–H groups in total. The van der Waals surface area contributed by atoms with E-state index in [2.05, 4.69) is 4.98 Å². The number of aromatic nitrogens is 4. The second kappa shape index (κ2) is 9.36. The van der Waals surface area contributed by atoms with Crippen LogP contribution in [-0.2, 0) is 0 Å². The van der Waals surface area contributed by atoms with Crippen LogP contribution in [0.25, 0.3) is 86.7 Å². The van der Waals surface area contributed by atoms with Gasteiger partial charge in [0.1, 0.15) is 0 Å². The molecule has 0 aliphatic heterocycles. The lowest BCUT2D eigenvalue weighted by molar-refractivity contribution is 1.15. The Bertz CT molecular complexity index is 3760. The Kier molecular flexibility index (Phi) is 2.56. The number of fused-ring (bicyclic) bond motifs is 9. The smallest absolute Gasteiger partial charge is 0.161 e. The molecule has 6 aromatic carbocycles. The summed E-state index contributed by atoms with van der Waals surface area (Å²) in [6.07, 6.45) is 1.39. The average molecular weight is 613 g/mol. The third kappa shape index (κ3) is 3.53. The molecule has 10 aromatic rings. The average Bonchev–Trinajstić information content (AvgIpc) is 3.97. The molecule has 4 nitrogen and oxygen atoms in total. The maximum absolute atomic E-state index is 9.26. The number of nitrogens with zero attached hydrogens (tertiary/aromatic N) is 4. The summed E-state index contributed by atoms with van der Waals surface area (Å²) in [5, 5.41) is -0.482. The lowest BCUT2D eigenvalue weighted by Gasteiger charge is -2.13. The van der Waals surface area contributed by atoms with Gasteiger partial charge in [-0.05, 0) is 54.5 Å². The summed E-state index contributed by atoms with van der Waals surface area (Å²) in [7, 11) is 0. The van der Waals surface area contributed by atoms with Gasteiger partial charge in [-0.1, -0.05) is 84.6 Å². The van der Waals surface area contributed by atoms with Gasteiger partial charge in [-0.2, -0.15) is 0 Å². The summed E-state index contributed by atoms with van der Waals surface area (Å²) in [6, 6.07) is -8.08. The van der Waals surface area contributed by atoms with Crippen molar-refractivity contribution in [3.05, 3.63) is 145 Å². The second-order valence-corrected chi connectivity index (χ2v) is 11.1. The first-order chi connectivity index (χ1) is 30.6. The molecule has 0 radical (unpaired) electrons. The van der Waals surface area contributed by atoms with Gasteiger partial charge in [0, 0.05) is 49.1 Å². The number of benzene rings is 6. The van der Waals surface area contributed by atoms with E-state index in [9.17, 15) is 2.74 Å². The topological polar surface area (TPSA) is 35.6 Å². The number of hydrogen-bond acceptors (Lipinski definition) is 3. The van der Waals surface area contributed by atoms with Crippen molar-refractivity contribution in [1.82, 2.24) is 19.1 Å². The van der Waals surface area contributed by atoms with E-state index in [4.69, 9.17) is 29.7 Å². The molecule has 45 heavy (non-hydrogen) atoms. The van der Waals surface area contributed by atoms with Gasteiger partial charge in [0.2, 0.25) is 0 Å².